The third-order valence-corrected chi connectivity index (χ3v) is 2.38. The summed E-state index contributed by atoms with van der Waals surface area (Å²) in [6.45, 7) is 1.81. The van der Waals surface area contributed by atoms with Gasteiger partial charge in [-0.1, -0.05) is 6.07 Å². The van der Waals surface area contributed by atoms with E-state index in [1.165, 1.54) is 19.2 Å². The summed E-state index contributed by atoms with van der Waals surface area (Å²) in [6.07, 6.45) is 0.697. The molecule has 0 aromatic heterocycles. The Morgan fingerprint density at radius 1 is 1.50 bits per heavy atom. The van der Waals surface area contributed by atoms with Crippen LogP contribution >= 0.6 is 0 Å². The first-order valence-electron chi connectivity index (χ1n) is 5.12. The zero-order valence-electron chi connectivity index (χ0n) is 9.50. The largest absolute Gasteiger partial charge is 0.469 e. The van der Waals surface area contributed by atoms with Crippen molar-refractivity contribution < 1.29 is 13.9 Å². The number of nitrogens with two attached hydrogens (primary N) is 1. The zero-order chi connectivity index (χ0) is 12.1. The van der Waals surface area contributed by atoms with E-state index >= 15 is 0 Å². The Morgan fingerprint density at radius 3 is 2.75 bits per heavy atom. The van der Waals surface area contributed by atoms with Crippen molar-refractivity contribution in [3.05, 3.63) is 35.1 Å². The van der Waals surface area contributed by atoms with E-state index in [4.69, 9.17) is 5.73 Å². The number of methoxy groups -OCH3 is 1. The molecule has 0 saturated heterocycles. The van der Waals surface area contributed by atoms with E-state index in [-0.39, 0.29) is 24.2 Å². The number of rotatable bonds is 4. The highest BCUT2D eigenvalue weighted by atomic mass is 19.1. The maximum absolute atomic E-state index is 13.1. The molecule has 0 amide bonds. The van der Waals surface area contributed by atoms with Crippen molar-refractivity contribution in [2.45, 2.75) is 25.8 Å². The molecular formula is C12H16FNO2. The van der Waals surface area contributed by atoms with Gasteiger partial charge in [-0.2, -0.15) is 0 Å². The number of benzene rings is 1. The molecule has 1 aromatic rings. The van der Waals surface area contributed by atoms with E-state index < -0.39 is 0 Å². The summed E-state index contributed by atoms with van der Waals surface area (Å²) < 4.78 is 17.6. The summed E-state index contributed by atoms with van der Waals surface area (Å²) in [5, 5.41) is 0. The minimum atomic E-state index is -0.339. The van der Waals surface area contributed by atoms with Crippen LogP contribution in [0.2, 0.25) is 0 Å². The van der Waals surface area contributed by atoms with Gasteiger partial charge in [-0.15, -0.1) is 0 Å². The van der Waals surface area contributed by atoms with E-state index in [2.05, 4.69) is 4.74 Å². The average Bonchev–Trinajstić information content (AvgIpc) is 2.23. The number of halogens is 1. The Labute approximate surface area is 94.4 Å². The third-order valence-electron chi connectivity index (χ3n) is 2.38. The van der Waals surface area contributed by atoms with Gasteiger partial charge in [0.2, 0.25) is 0 Å². The first-order chi connectivity index (χ1) is 7.52. The molecule has 2 N–H and O–H groups in total. The topological polar surface area (TPSA) is 52.3 Å². The molecule has 1 rings (SSSR count). The molecule has 0 spiro atoms. The second kappa shape index (κ2) is 5.61. The highest BCUT2D eigenvalue weighted by Gasteiger charge is 2.10. The van der Waals surface area contributed by atoms with Gasteiger partial charge in [0, 0.05) is 12.5 Å². The van der Waals surface area contributed by atoms with Gasteiger partial charge in [0.15, 0.2) is 0 Å². The van der Waals surface area contributed by atoms with Gasteiger partial charge in [0.25, 0.3) is 0 Å². The molecule has 0 radical (unpaired) electrons. The molecule has 88 valence electrons. The van der Waals surface area contributed by atoms with Gasteiger partial charge in [-0.3, -0.25) is 4.79 Å². The number of ether oxygens (including phenoxy) is 1. The van der Waals surface area contributed by atoms with Gasteiger partial charge in [0.05, 0.1) is 7.11 Å². The van der Waals surface area contributed by atoms with Crippen LogP contribution in [0.4, 0.5) is 4.39 Å². The first kappa shape index (κ1) is 12.6. The number of carbonyl (C=O) groups excluding carboxylic acids is 1. The molecule has 0 aliphatic carbocycles. The van der Waals surface area contributed by atoms with E-state index in [0.717, 1.165) is 5.56 Å². The van der Waals surface area contributed by atoms with Crippen LogP contribution in [0.1, 0.15) is 30.0 Å². The van der Waals surface area contributed by atoms with E-state index in [1.807, 2.05) is 6.07 Å². The quantitative estimate of drug-likeness (QED) is 0.798. The van der Waals surface area contributed by atoms with Crippen molar-refractivity contribution in [3.8, 4) is 0 Å². The van der Waals surface area contributed by atoms with Crippen molar-refractivity contribution in [2.75, 3.05) is 7.11 Å². The second-order valence-corrected chi connectivity index (χ2v) is 3.78. The van der Waals surface area contributed by atoms with Crippen molar-refractivity contribution in [1.29, 1.82) is 0 Å². The Morgan fingerprint density at radius 2 is 2.19 bits per heavy atom. The molecule has 1 atom stereocenters. The Kier molecular flexibility index (Phi) is 4.43. The van der Waals surface area contributed by atoms with Gasteiger partial charge in [-0.25, -0.2) is 4.39 Å². The van der Waals surface area contributed by atoms with Crippen molar-refractivity contribution in [3.63, 3.8) is 0 Å². The minimum Gasteiger partial charge on any atom is -0.469 e. The van der Waals surface area contributed by atoms with Gasteiger partial charge >= 0.3 is 5.97 Å². The molecule has 1 aromatic carbocycles. The summed E-state index contributed by atoms with van der Waals surface area (Å²) in [5.74, 6) is -0.605. The molecule has 1 unspecified atom stereocenters. The number of hydrogen-bond acceptors (Lipinski definition) is 3. The standard InChI is InChI=1S/C12H16FNO2/c1-8-5-9(7-10(13)6-8)11(14)3-4-12(15)16-2/h5-7,11H,3-4,14H2,1-2H3. The normalized spacial score (nSPS) is 12.2. The number of hydrogen-bond donors (Lipinski definition) is 1. The lowest BCUT2D eigenvalue weighted by atomic mass is 10.0. The van der Waals surface area contributed by atoms with Crippen LogP contribution in [-0.2, 0) is 9.53 Å². The molecular weight excluding hydrogens is 209 g/mol. The van der Waals surface area contributed by atoms with Crippen molar-refractivity contribution in [2.24, 2.45) is 5.73 Å². The smallest absolute Gasteiger partial charge is 0.305 e. The lowest BCUT2D eigenvalue weighted by Gasteiger charge is -2.12. The van der Waals surface area contributed by atoms with E-state index in [1.54, 1.807) is 6.92 Å². The molecule has 4 heteroatoms. The van der Waals surface area contributed by atoms with Crippen molar-refractivity contribution >= 4 is 5.97 Å². The predicted octanol–water partition coefficient (Wildman–Crippen LogP) is 2.09. The van der Waals surface area contributed by atoms with Crippen LogP contribution in [-0.4, -0.2) is 13.1 Å². The number of carbonyl (C=O) groups is 1. The predicted molar refractivity (Wildman–Crippen MR) is 59.3 cm³/mol. The Hall–Kier alpha value is -1.42. The molecule has 3 nitrogen and oxygen atoms in total. The minimum absolute atomic E-state index is 0.243. The second-order valence-electron chi connectivity index (χ2n) is 3.78. The Bertz CT molecular complexity index is 359. The summed E-state index contributed by atoms with van der Waals surface area (Å²) >= 11 is 0. The van der Waals surface area contributed by atoms with Crippen molar-refractivity contribution in [1.82, 2.24) is 0 Å². The van der Waals surface area contributed by atoms with Crippen LogP contribution in [0.15, 0.2) is 18.2 Å². The third kappa shape index (κ3) is 3.62. The van der Waals surface area contributed by atoms with Crippen LogP contribution in [0.5, 0.6) is 0 Å². The van der Waals surface area contributed by atoms with Gasteiger partial charge < -0.3 is 10.5 Å². The molecule has 16 heavy (non-hydrogen) atoms. The van der Waals surface area contributed by atoms with Gasteiger partial charge in [0.1, 0.15) is 5.82 Å². The average molecular weight is 225 g/mol. The van der Waals surface area contributed by atoms with E-state index in [9.17, 15) is 9.18 Å². The fourth-order valence-corrected chi connectivity index (χ4v) is 1.52. The lowest BCUT2D eigenvalue weighted by molar-refractivity contribution is -0.140. The monoisotopic (exact) mass is 225 g/mol. The zero-order valence-corrected chi connectivity index (χ0v) is 9.50. The highest BCUT2D eigenvalue weighted by molar-refractivity contribution is 5.69. The summed E-state index contributed by atoms with van der Waals surface area (Å²) in [5.41, 5.74) is 7.39. The molecule has 0 aliphatic rings. The molecule has 0 fully saturated rings. The highest BCUT2D eigenvalue weighted by Crippen LogP contribution is 2.18. The SMILES string of the molecule is COC(=O)CCC(N)c1cc(C)cc(F)c1. The summed E-state index contributed by atoms with van der Waals surface area (Å²) in [7, 11) is 1.33. The van der Waals surface area contributed by atoms with Gasteiger partial charge in [-0.05, 0) is 36.6 Å². The van der Waals surface area contributed by atoms with Crippen LogP contribution < -0.4 is 5.73 Å². The molecule has 0 aliphatic heterocycles. The molecule has 0 heterocycles. The summed E-state index contributed by atoms with van der Waals surface area (Å²) in [6, 6.07) is 4.32. The van der Waals surface area contributed by atoms with Crippen LogP contribution in [0, 0.1) is 12.7 Å². The Balaban J connectivity index is 2.65. The van der Waals surface area contributed by atoms with Crippen LogP contribution in [0.3, 0.4) is 0 Å². The maximum atomic E-state index is 13.1. The fourth-order valence-electron chi connectivity index (χ4n) is 1.52. The fraction of sp³-hybridized carbons (Fsp3) is 0.417. The lowest BCUT2D eigenvalue weighted by Crippen LogP contribution is -2.13. The maximum Gasteiger partial charge on any atom is 0.305 e. The van der Waals surface area contributed by atoms with E-state index in [0.29, 0.717) is 12.0 Å². The molecule has 0 saturated carbocycles. The first-order valence-corrected chi connectivity index (χ1v) is 5.12. The summed E-state index contributed by atoms with van der Waals surface area (Å²) in [4.78, 5) is 10.9. The van der Waals surface area contributed by atoms with Crippen LogP contribution in [0.25, 0.3) is 0 Å². The number of aryl methyl sites for hydroxylation is 1. The number of esters is 1. The molecule has 0 bridgehead atoms.